The molecule has 1 aliphatic rings. The van der Waals surface area contributed by atoms with Gasteiger partial charge in [0.05, 0.1) is 0 Å². The Morgan fingerprint density at radius 3 is 2.68 bits per heavy atom. The van der Waals surface area contributed by atoms with Crippen molar-refractivity contribution >= 4 is 32.0 Å². The average molecular weight is 285 g/mol. The first-order valence-electron chi connectivity index (χ1n) is 6.53. The first-order valence-corrected chi connectivity index (χ1v) is 9.82. The second-order valence-electron chi connectivity index (χ2n) is 4.97. The Labute approximate surface area is 120 Å². The second kappa shape index (κ2) is 5.45. The molecule has 0 N–H and O–H groups in total. The molecule has 1 atom stereocenters. The van der Waals surface area contributed by atoms with Crippen LogP contribution in [0.15, 0.2) is 41.8 Å². The largest absolute Gasteiger partial charge is 0.416 e. The van der Waals surface area contributed by atoms with Gasteiger partial charge in [0.25, 0.3) is 0 Å². The molecule has 1 aliphatic carbocycles. The van der Waals surface area contributed by atoms with Crippen LogP contribution in [0.25, 0.3) is 11.6 Å². The lowest BCUT2D eigenvalue weighted by molar-refractivity contribution is 0.318. The van der Waals surface area contributed by atoms with Crippen LogP contribution in [0.2, 0.25) is 13.1 Å². The van der Waals surface area contributed by atoms with Gasteiger partial charge in [-0.2, -0.15) is 0 Å². The van der Waals surface area contributed by atoms with Crippen LogP contribution in [0.1, 0.15) is 21.9 Å². The summed E-state index contributed by atoms with van der Waals surface area (Å²) in [7, 11) is -0.636. The number of rotatable bonds is 5. The maximum Gasteiger partial charge on any atom is 0.204 e. The van der Waals surface area contributed by atoms with Crippen LogP contribution in [-0.2, 0) is 4.43 Å². The molecule has 3 rings (SSSR count). The zero-order valence-corrected chi connectivity index (χ0v) is 13.0. The average Bonchev–Trinajstić information content (AvgIpc) is 2.88. The van der Waals surface area contributed by atoms with E-state index >= 15 is 0 Å². The van der Waals surface area contributed by atoms with Crippen molar-refractivity contribution in [1.82, 2.24) is 0 Å². The van der Waals surface area contributed by atoms with Gasteiger partial charge >= 0.3 is 0 Å². The molecule has 0 saturated heterocycles. The molecule has 1 aromatic heterocycles. The van der Waals surface area contributed by atoms with Gasteiger partial charge in [0, 0.05) is 17.4 Å². The van der Waals surface area contributed by atoms with Crippen LogP contribution in [-0.4, -0.2) is 15.6 Å². The minimum atomic E-state index is -0.636. The van der Waals surface area contributed by atoms with Gasteiger partial charge in [-0.1, -0.05) is 30.3 Å². The van der Waals surface area contributed by atoms with E-state index in [1.165, 1.54) is 21.6 Å². The summed E-state index contributed by atoms with van der Waals surface area (Å²) in [5, 5.41) is 2.15. The molecule has 0 amide bonds. The molecule has 0 aliphatic heterocycles. The number of fused-ring (bicyclic) bond motifs is 1. The minimum absolute atomic E-state index is 0.398. The van der Waals surface area contributed by atoms with Gasteiger partial charge in [0.2, 0.25) is 9.04 Å². The Bertz CT molecular complexity index is 587. The zero-order chi connectivity index (χ0) is 13.2. The van der Waals surface area contributed by atoms with Crippen molar-refractivity contribution in [1.29, 1.82) is 0 Å². The fraction of sp³-hybridized carbons (Fsp3) is 0.250. The SMILES string of the molecule is C[Si](C)OCC(C1=Cc2ccccc21)c1cccs1. The van der Waals surface area contributed by atoms with Gasteiger partial charge in [-0.25, -0.2) is 0 Å². The van der Waals surface area contributed by atoms with Gasteiger partial charge in [-0.3, -0.25) is 0 Å². The van der Waals surface area contributed by atoms with E-state index in [0.717, 1.165) is 6.61 Å². The van der Waals surface area contributed by atoms with Crippen LogP contribution in [0.4, 0.5) is 0 Å². The molecule has 1 unspecified atom stereocenters. The van der Waals surface area contributed by atoms with Crippen LogP contribution < -0.4 is 0 Å². The molecule has 0 fully saturated rings. The molecular formula is C16H17OSSi. The molecule has 0 spiro atoms. The number of thiophene rings is 1. The Balaban J connectivity index is 1.85. The quantitative estimate of drug-likeness (QED) is 0.726. The fourth-order valence-electron chi connectivity index (χ4n) is 2.41. The van der Waals surface area contributed by atoms with E-state index in [9.17, 15) is 0 Å². The van der Waals surface area contributed by atoms with Crippen molar-refractivity contribution < 1.29 is 4.43 Å². The molecule has 97 valence electrons. The third-order valence-corrected chi connectivity index (χ3v) is 5.11. The standard InChI is InChI=1S/C16H17OSSi/c1-19(2)17-11-15(16-8-5-9-18-16)14-10-12-6-3-4-7-13(12)14/h3-10,15H,11H2,1-2H3. The topological polar surface area (TPSA) is 9.23 Å². The predicted molar refractivity (Wildman–Crippen MR) is 84.8 cm³/mol. The van der Waals surface area contributed by atoms with Gasteiger partial charge in [0.15, 0.2) is 0 Å². The van der Waals surface area contributed by atoms with Crippen LogP contribution >= 0.6 is 11.3 Å². The summed E-state index contributed by atoms with van der Waals surface area (Å²) in [6.45, 7) is 5.19. The van der Waals surface area contributed by atoms with E-state index < -0.39 is 9.04 Å². The zero-order valence-electron chi connectivity index (χ0n) is 11.2. The van der Waals surface area contributed by atoms with Gasteiger partial charge in [0.1, 0.15) is 0 Å². The maximum absolute atomic E-state index is 5.97. The van der Waals surface area contributed by atoms with Crippen molar-refractivity contribution in [3.63, 3.8) is 0 Å². The summed E-state index contributed by atoms with van der Waals surface area (Å²) >= 11 is 1.83. The van der Waals surface area contributed by atoms with Crippen molar-refractivity contribution in [3.05, 3.63) is 57.8 Å². The number of hydrogen-bond acceptors (Lipinski definition) is 2. The number of hydrogen-bond donors (Lipinski definition) is 0. The first kappa shape index (κ1) is 12.8. The molecule has 1 aromatic carbocycles. The Hall–Kier alpha value is -1.16. The molecule has 1 radical (unpaired) electrons. The first-order chi connectivity index (χ1) is 9.25. The normalized spacial score (nSPS) is 14.8. The lowest BCUT2D eigenvalue weighted by Gasteiger charge is -2.28. The van der Waals surface area contributed by atoms with Crippen LogP contribution in [0, 0.1) is 0 Å². The van der Waals surface area contributed by atoms with E-state index in [2.05, 4.69) is 60.9 Å². The summed E-state index contributed by atoms with van der Waals surface area (Å²) in [6.07, 6.45) is 2.31. The number of benzene rings is 1. The molecular weight excluding hydrogens is 268 g/mol. The minimum Gasteiger partial charge on any atom is -0.416 e. The third-order valence-electron chi connectivity index (χ3n) is 3.38. The fourth-order valence-corrected chi connectivity index (χ4v) is 3.74. The summed E-state index contributed by atoms with van der Waals surface area (Å²) < 4.78 is 5.97. The monoisotopic (exact) mass is 285 g/mol. The summed E-state index contributed by atoms with van der Waals surface area (Å²) in [5.41, 5.74) is 4.18. The summed E-state index contributed by atoms with van der Waals surface area (Å²) in [4.78, 5) is 1.41. The highest BCUT2D eigenvalue weighted by atomic mass is 32.1. The molecule has 0 bridgehead atoms. The molecule has 1 heterocycles. The third kappa shape index (κ3) is 2.59. The van der Waals surface area contributed by atoms with Crippen molar-refractivity contribution in [2.75, 3.05) is 6.61 Å². The van der Waals surface area contributed by atoms with E-state index in [4.69, 9.17) is 4.43 Å². The molecule has 0 saturated carbocycles. The van der Waals surface area contributed by atoms with Crippen LogP contribution in [0.3, 0.4) is 0 Å². The van der Waals surface area contributed by atoms with Crippen molar-refractivity contribution in [2.24, 2.45) is 0 Å². The summed E-state index contributed by atoms with van der Waals surface area (Å²) in [5.74, 6) is 0.398. The molecule has 2 aromatic rings. The Kier molecular flexibility index (Phi) is 3.69. The van der Waals surface area contributed by atoms with Gasteiger partial charge in [-0.05, 0) is 47.3 Å². The second-order valence-corrected chi connectivity index (χ2v) is 8.06. The molecule has 3 heteroatoms. The van der Waals surface area contributed by atoms with E-state index in [-0.39, 0.29) is 0 Å². The highest BCUT2D eigenvalue weighted by Crippen LogP contribution is 2.43. The van der Waals surface area contributed by atoms with E-state index in [1.54, 1.807) is 0 Å². The smallest absolute Gasteiger partial charge is 0.204 e. The van der Waals surface area contributed by atoms with Gasteiger partial charge < -0.3 is 4.43 Å². The molecule has 1 nitrogen and oxygen atoms in total. The lowest BCUT2D eigenvalue weighted by Crippen LogP contribution is -2.18. The highest BCUT2D eigenvalue weighted by molar-refractivity contribution is 7.10. The Morgan fingerprint density at radius 2 is 2.00 bits per heavy atom. The highest BCUT2D eigenvalue weighted by Gasteiger charge is 2.26. The van der Waals surface area contributed by atoms with Gasteiger partial charge in [-0.15, -0.1) is 11.3 Å². The summed E-state index contributed by atoms with van der Waals surface area (Å²) in [6, 6.07) is 13.0. The van der Waals surface area contributed by atoms with E-state index in [0.29, 0.717) is 5.92 Å². The maximum atomic E-state index is 5.97. The van der Waals surface area contributed by atoms with Crippen molar-refractivity contribution in [3.8, 4) is 0 Å². The van der Waals surface area contributed by atoms with Crippen molar-refractivity contribution in [2.45, 2.75) is 19.0 Å². The molecule has 19 heavy (non-hydrogen) atoms. The predicted octanol–water partition coefficient (Wildman–Crippen LogP) is 4.65. The lowest BCUT2D eigenvalue weighted by atomic mass is 9.80. The Morgan fingerprint density at radius 1 is 1.16 bits per heavy atom. The van der Waals surface area contributed by atoms with Crippen LogP contribution in [0.5, 0.6) is 0 Å². The van der Waals surface area contributed by atoms with E-state index in [1.807, 2.05) is 11.3 Å².